The van der Waals surface area contributed by atoms with Crippen molar-refractivity contribution in [2.24, 2.45) is 0 Å². The maximum absolute atomic E-state index is 12.1. The van der Waals surface area contributed by atoms with Gasteiger partial charge in [-0.15, -0.1) is 11.3 Å². The van der Waals surface area contributed by atoms with E-state index in [4.69, 9.17) is 0 Å². The highest BCUT2D eigenvalue weighted by molar-refractivity contribution is 7.12. The molecule has 118 valence electrons. The van der Waals surface area contributed by atoms with Gasteiger partial charge in [0.1, 0.15) is 12.4 Å². The zero-order chi connectivity index (χ0) is 16.2. The lowest BCUT2D eigenvalue weighted by atomic mass is 10.3. The van der Waals surface area contributed by atoms with Crippen molar-refractivity contribution in [2.75, 3.05) is 0 Å². The molecule has 0 aliphatic heterocycles. The van der Waals surface area contributed by atoms with Crippen LogP contribution in [0.2, 0.25) is 0 Å². The molecule has 2 aromatic heterocycles. The average Bonchev–Trinajstić information content (AvgIpc) is 3.21. The third-order valence-corrected chi connectivity index (χ3v) is 4.28. The third kappa shape index (κ3) is 3.24. The Kier molecular flexibility index (Phi) is 4.38. The number of hydrogen-bond acceptors (Lipinski definition) is 4. The SMILES string of the molecule is CCc1nc2ccccc2n1CC(=O)NNC(=O)c1cccs1. The molecule has 2 amide bonds. The molecule has 2 heterocycles. The second-order valence-electron chi connectivity index (χ2n) is 4.94. The largest absolute Gasteiger partial charge is 0.318 e. The fourth-order valence-electron chi connectivity index (χ4n) is 2.35. The molecule has 6 nitrogen and oxygen atoms in total. The van der Waals surface area contributed by atoms with Crippen molar-refractivity contribution in [3.05, 3.63) is 52.5 Å². The second kappa shape index (κ2) is 6.62. The lowest BCUT2D eigenvalue weighted by Crippen LogP contribution is -2.43. The summed E-state index contributed by atoms with van der Waals surface area (Å²) in [6.45, 7) is 2.10. The monoisotopic (exact) mass is 328 g/mol. The molecule has 2 N–H and O–H groups in total. The van der Waals surface area contributed by atoms with Crippen LogP contribution in [0.15, 0.2) is 41.8 Å². The van der Waals surface area contributed by atoms with Crippen LogP contribution >= 0.6 is 11.3 Å². The highest BCUT2D eigenvalue weighted by Crippen LogP contribution is 2.16. The molecule has 0 aliphatic carbocycles. The van der Waals surface area contributed by atoms with Crippen LogP contribution in [-0.4, -0.2) is 21.4 Å². The number of nitrogens with zero attached hydrogens (tertiary/aromatic N) is 2. The normalized spacial score (nSPS) is 10.7. The average molecular weight is 328 g/mol. The molecule has 0 saturated carbocycles. The van der Waals surface area contributed by atoms with E-state index in [1.165, 1.54) is 11.3 Å². The van der Waals surface area contributed by atoms with Gasteiger partial charge in [0.25, 0.3) is 11.8 Å². The van der Waals surface area contributed by atoms with Crippen LogP contribution in [0.4, 0.5) is 0 Å². The van der Waals surface area contributed by atoms with Gasteiger partial charge in [-0.05, 0) is 23.6 Å². The highest BCUT2D eigenvalue weighted by Gasteiger charge is 2.13. The number of amides is 2. The van der Waals surface area contributed by atoms with E-state index >= 15 is 0 Å². The Hall–Kier alpha value is -2.67. The molecule has 7 heteroatoms. The smallest absolute Gasteiger partial charge is 0.279 e. The molecule has 0 atom stereocenters. The summed E-state index contributed by atoms with van der Waals surface area (Å²) in [6.07, 6.45) is 0.726. The zero-order valence-corrected chi connectivity index (χ0v) is 13.4. The van der Waals surface area contributed by atoms with E-state index in [-0.39, 0.29) is 18.4 Å². The highest BCUT2D eigenvalue weighted by atomic mass is 32.1. The first-order valence-corrected chi connectivity index (χ1v) is 8.14. The van der Waals surface area contributed by atoms with Gasteiger partial charge in [-0.25, -0.2) is 4.98 Å². The first-order valence-electron chi connectivity index (χ1n) is 7.26. The van der Waals surface area contributed by atoms with Gasteiger partial charge in [-0.1, -0.05) is 25.1 Å². The van der Waals surface area contributed by atoms with Crippen LogP contribution in [0.1, 0.15) is 22.4 Å². The van der Waals surface area contributed by atoms with Crippen molar-refractivity contribution < 1.29 is 9.59 Å². The van der Waals surface area contributed by atoms with E-state index in [1.54, 1.807) is 12.1 Å². The predicted octanol–water partition coefficient (Wildman–Crippen LogP) is 2.12. The molecular formula is C16H16N4O2S. The summed E-state index contributed by atoms with van der Waals surface area (Å²) < 4.78 is 1.86. The number of aromatic nitrogens is 2. The molecular weight excluding hydrogens is 312 g/mol. The number of thiophene rings is 1. The number of para-hydroxylation sites is 2. The number of imidazole rings is 1. The van der Waals surface area contributed by atoms with Crippen molar-refractivity contribution in [1.29, 1.82) is 0 Å². The summed E-state index contributed by atoms with van der Waals surface area (Å²) in [5, 5.41) is 1.81. The van der Waals surface area contributed by atoms with Crippen molar-refractivity contribution in [1.82, 2.24) is 20.4 Å². The first-order chi connectivity index (χ1) is 11.2. The van der Waals surface area contributed by atoms with E-state index in [0.29, 0.717) is 4.88 Å². The summed E-state index contributed by atoms with van der Waals surface area (Å²) >= 11 is 1.32. The van der Waals surface area contributed by atoms with Crippen LogP contribution in [-0.2, 0) is 17.8 Å². The maximum atomic E-state index is 12.1. The summed E-state index contributed by atoms with van der Waals surface area (Å²) in [4.78, 5) is 29.0. The summed E-state index contributed by atoms with van der Waals surface area (Å²) in [6, 6.07) is 11.2. The summed E-state index contributed by atoms with van der Waals surface area (Å²) in [5.41, 5.74) is 6.63. The Morgan fingerprint density at radius 3 is 2.74 bits per heavy atom. The molecule has 0 radical (unpaired) electrons. The van der Waals surface area contributed by atoms with E-state index in [9.17, 15) is 9.59 Å². The second-order valence-corrected chi connectivity index (χ2v) is 5.88. The number of fused-ring (bicyclic) bond motifs is 1. The van der Waals surface area contributed by atoms with Gasteiger partial charge in [0.05, 0.1) is 15.9 Å². The van der Waals surface area contributed by atoms with Crippen molar-refractivity contribution in [3.8, 4) is 0 Å². The van der Waals surface area contributed by atoms with Crippen molar-refractivity contribution >= 4 is 34.2 Å². The van der Waals surface area contributed by atoms with Crippen LogP contribution in [0.5, 0.6) is 0 Å². The molecule has 0 bridgehead atoms. The molecule has 1 aromatic carbocycles. The number of hydrogen-bond donors (Lipinski definition) is 2. The number of aryl methyl sites for hydroxylation is 1. The lowest BCUT2D eigenvalue weighted by molar-refractivity contribution is -0.122. The van der Waals surface area contributed by atoms with E-state index in [0.717, 1.165) is 23.3 Å². The molecule has 0 fully saturated rings. The van der Waals surface area contributed by atoms with Crippen molar-refractivity contribution in [3.63, 3.8) is 0 Å². The van der Waals surface area contributed by atoms with Crippen LogP contribution < -0.4 is 10.9 Å². The Morgan fingerprint density at radius 1 is 1.17 bits per heavy atom. The molecule has 23 heavy (non-hydrogen) atoms. The minimum Gasteiger partial charge on any atom is -0.318 e. The quantitative estimate of drug-likeness (QED) is 0.720. The van der Waals surface area contributed by atoms with Gasteiger partial charge in [-0.2, -0.15) is 0 Å². The van der Waals surface area contributed by atoms with E-state index in [2.05, 4.69) is 15.8 Å². The van der Waals surface area contributed by atoms with Gasteiger partial charge in [0.15, 0.2) is 0 Å². The third-order valence-electron chi connectivity index (χ3n) is 3.41. The Balaban J connectivity index is 1.69. The van der Waals surface area contributed by atoms with Gasteiger partial charge in [0, 0.05) is 6.42 Å². The number of carbonyl (C=O) groups is 2. The summed E-state index contributed by atoms with van der Waals surface area (Å²) in [7, 11) is 0. The van der Waals surface area contributed by atoms with Gasteiger partial charge < -0.3 is 4.57 Å². The lowest BCUT2D eigenvalue weighted by Gasteiger charge is -2.09. The summed E-state index contributed by atoms with van der Waals surface area (Å²) in [5.74, 6) is 0.221. The Morgan fingerprint density at radius 2 is 2.00 bits per heavy atom. The molecule has 3 aromatic rings. The Bertz CT molecular complexity index is 839. The number of rotatable bonds is 4. The number of benzene rings is 1. The van der Waals surface area contributed by atoms with Crippen molar-refractivity contribution in [2.45, 2.75) is 19.9 Å². The maximum Gasteiger partial charge on any atom is 0.279 e. The molecule has 0 unspecified atom stereocenters. The molecule has 0 saturated heterocycles. The minimum absolute atomic E-state index is 0.106. The topological polar surface area (TPSA) is 76.0 Å². The number of hydrazine groups is 1. The fourth-order valence-corrected chi connectivity index (χ4v) is 2.97. The van der Waals surface area contributed by atoms with E-state index < -0.39 is 0 Å². The van der Waals surface area contributed by atoms with E-state index in [1.807, 2.05) is 41.1 Å². The van der Waals surface area contributed by atoms with Crippen LogP contribution in [0.25, 0.3) is 11.0 Å². The molecule has 3 rings (SSSR count). The Labute approximate surface area is 137 Å². The number of nitrogens with one attached hydrogen (secondary N) is 2. The molecule has 0 spiro atoms. The fraction of sp³-hybridized carbons (Fsp3) is 0.188. The minimum atomic E-state index is -0.320. The van der Waals surface area contributed by atoms with Gasteiger partial charge in [0.2, 0.25) is 0 Å². The zero-order valence-electron chi connectivity index (χ0n) is 12.6. The van der Waals surface area contributed by atoms with Crippen LogP contribution in [0.3, 0.4) is 0 Å². The predicted molar refractivity (Wildman–Crippen MR) is 89.0 cm³/mol. The first kappa shape index (κ1) is 15.2. The standard InChI is InChI=1S/C16H16N4O2S/c1-2-14-17-11-6-3-4-7-12(11)20(14)10-15(21)18-19-16(22)13-8-5-9-23-13/h3-9H,2,10H2,1H3,(H,18,21)(H,19,22). The van der Waals surface area contributed by atoms with Crippen LogP contribution in [0, 0.1) is 0 Å². The van der Waals surface area contributed by atoms with Gasteiger partial charge in [-0.3, -0.25) is 20.4 Å². The van der Waals surface area contributed by atoms with Gasteiger partial charge >= 0.3 is 0 Å². The number of carbonyl (C=O) groups excluding carboxylic acids is 2. The molecule has 0 aliphatic rings.